The Kier molecular flexibility index (Phi) is 4.35. The zero-order chi connectivity index (χ0) is 13.2. The Morgan fingerprint density at radius 3 is 2.22 bits per heavy atom. The van der Waals surface area contributed by atoms with Crippen molar-refractivity contribution in [2.75, 3.05) is 13.1 Å². The molecule has 18 heavy (non-hydrogen) atoms. The van der Waals surface area contributed by atoms with Crippen LogP contribution in [0.2, 0.25) is 0 Å². The van der Waals surface area contributed by atoms with E-state index in [-0.39, 0.29) is 11.1 Å². The zero-order valence-electron chi connectivity index (χ0n) is 12.6. The van der Waals surface area contributed by atoms with Gasteiger partial charge in [-0.1, -0.05) is 0 Å². The molecule has 2 saturated heterocycles. The summed E-state index contributed by atoms with van der Waals surface area (Å²) < 4.78 is 0. The van der Waals surface area contributed by atoms with Crippen LogP contribution < -0.4 is 16.0 Å². The predicted octanol–water partition coefficient (Wildman–Crippen LogP) is 2.03. The van der Waals surface area contributed by atoms with Crippen LogP contribution in [0, 0.1) is 0 Å². The number of rotatable bonds is 2. The van der Waals surface area contributed by atoms with Crippen LogP contribution in [0.5, 0.6) is 0 Å². The highest BCUT2D eigenvalue weighted by Gasteiger charge is 2.38. The van der Waals surface area contributed by atoms with Gasteiger partial charge >= 0.3 is 0 Å². The van der Waals surface area contributed by atoms with E-state index in [1.165, 1.54) is 45.2 Å². The molecule has 0 bridgehead atoms. The highest BCUT2D eigenvalue weighted by molar-refractivity contribution is 5.00. The molecular weight excluding hydrogens is 222 g/mol. The van der Waals surface area contributed by atoms with Gasteiger partial charge in [-0.15, -0.1) is 0 Å². The van der Waals surface area contributed by atoms with Crippen molar-refractivity contribution in [1.82, 2.24) is 16.0 Å². The molecule has 1 unspecified atom stereocenters. The third-order valence-electron chi connectivity index (χ3n) is 4.24. The fraction of sp³-hybridized carbons (Fsp3) is 1.00. The number of piperidine rings is 1. The van der Waals surface area contributed by atoms with Crippen LogP contribution in [0.3, 0.4) is 0 Å². The maximum absolute atomic E-state index is 3.93. The van der Waals surface area contributed by atoms with E-state index < -0.39 is 0 Å². The monoisotopic (exact) mass is 253 g/mol. The molecule has 0 spiro atoms. The van der Waals surface area contributed by atoms with Crippen molar-refractivity contribution < 1.29 is 0 Å². The van der Waals surface area contributed by atoms with Gasteiger partial charge in [0, 0.05) is 23.2 Å². The van der Waals surface area contributed by atoms with Crippen LogP contribution in [0.4, 0.5) is 0 Å². The van der Waals surface area contributed by atoms with E-state index in [4.69, 9.17) is 0 Å². The van der Waals surface area contributed by atoms with E-state index in [0.29, 0.717) is 6.04 Å². The summed E-state index contributed by atoms with van der Waals surface area (Å²) in [5.74, 6) is 0. The molecule has 2 rings (SSSR count). The SMILES string of the molecule is CC1(C)CC(NC2CCCNCC2)CC(C)(C)N1. The lowest BCUT2D eigenvalue weighted by molar-refractivity contribution is 0.138. The van der Waals surface area contributed by atoms with E-state index in [1.54, 1.807) is 0 Å². The van der Waals surface area contributed by atoms with Crippen LogP contribution >= 0.6 is 0 Å². The van der Waals surface area contributed by atoms with Crippen LogP contribution in [-0.4, -0.2) is 36.3 Å². The van der Waals surface area contributed by atoms with E-state index in [2.05, 4.69) is 43.6 Å². The molecule has 106 valence electrons. The molecule has 0 aromatic heterocycles. The first-order valence-electron chi connectivity index (χ1n) is 7.62. The van der Waals surface area contributed by atoms with Gasteiger partial charge < -0.3 is 16.0 Å². The van der Waals surface area contributed by atoms with Crippen LogP contribution in [0.1, 0.15) is 59.8 Å². The van der Waals surface area contributed by atoms with Crippen LogP contribution in [-0.2, 0) is 0 Å². The Morgan fingerprint density at radius 1 is 0.889 bits per heavy atom. The number of nitrogens with one attached hydrogen (secondary N) is 3. The number of hydrogen-bond acceptors (Lipinski definition) is 3. The van der Waals surface area contributed by atoms with Crippen molar-refractivity contribution in [2.45, 2.75) is 83.0 Å². The Hall–Kier alpha value is -0.120. The minimum atomic E-state index is 0.252. The first-order valence-corrected chi connectivity index (χ1v) is 7.62. The molecule has 2 heterocycles. The van der Waals surface area contributed by atoms with Gasteiger partial charge in [-0.3, -0.25) is 0 Å². The van der Waals surface area contributed by atoms with Gasteiger partial charge in [-0.2, -0.15) is 0 Å². The molecule has 0 saturated carbocycles. The maximum Gasteiger partial charge on any atom is 0.0144 e. The summed E-state index contributed by atoms with van der Waals surface area (Å²) in [6.07, 6.45) is 6.40. The first kappa shape index (κ1) is 14.3. The molecule has 0 aromatic rings. The minimum Gasteiger partial charge on any atom is -0.317 e. The standard InChI is InChI=1S/C15H31N3/c1-14(2)10-13(11-15(3,4)18-14)17-12-6-5-8-16-9-7-12/h12-13,16-18H,5-11H2,1-4H3. The molecule has 2 aliphatic rings. The van der Waals surface area contributed by atoms with Gasteiger partial charge in [0.15, 0.2) is 0 Å². The van der Waals surface area contributed by atoms with Crippen molar-refractivity contribution in [2.24, 2.45) is 0 Å². The first-order chi connectivity index (χ1) is 8.36. The second-order valence-corrected chi connectivity index (χ2v) is 7.54. The van der Waals surface area contributed by atoms with Gasteiger partial charge in [0.1, 0.15) is 0 Å². The van der Waals surface area contributed by atoms with Gasteiger partial charge in [-0.05, 0) is 72.9 Å². The Labute approximate surface area is 112 Å². The van der Waals surface area contributed by atoms with E-state index in [1.807, 2.05) is 0 Å². The van der Waals surface area contributed by atoms with E-state index in [9.17, 15) is 0 Å². The molecule has 2 fully saturated rings. The average molecular weight is 253 g/mol. The van der Waals surface area contributed by atoms with Crippen LogP contribution in [0.25, 0.3) is 0 Å². The van der Waals surface area contributed by atoms with Crippen LogP contribution in [0.15, 0.2) is 0 Å². The molecule has 0 amide bonds. The third-order valence-corrected chi connectivity index (χ3v) is 4.24. The summed E-state index contributed by atoms with van der Waals surface area (Å²) >= 11 is 0. The predicted molar refractivity (Wildman–Crippen MR) is 78.0 cm³/mol. The lowest BCUT2D eigenvalue weighted by atomic mass is 9.79. The van der Waals surface area contributed by atoms with Gasteiger partial charge in [-0.25, -0.2) is 0 Å². The average Bonchev–Trinajstić information content (AvgIpc) is 2.40. The molecule has 0 radical (unpaired) electrons. The number of hydrogen-bond donors (Lipinski definition) is 3. The fourth-order valence-electron chi connectivity index (χ4n) is 3.96. The summed E-state index contributed by atoms with van der Waals surface area (Å²) in [6, 6.07) is 1.38. The van der Waals surface area contributed by atoms with Crippen molar-refractivity contribution in [3.8, 4) is 0 Å². The minimum absolute atomic E-state index is 0.252. The smallest absolute Gasteiger partial charge is 0.0144 e. The largest absolute Gasteiger partial charge is 0.317 e. The van der Waals surface area contributed by atoms with Crippen molar-refractivity contribution >= 4 is 0 Å². The molecule has 0 aromatic carbocycles. The molecular formula is C15H31N3. The molecule has 0 aliphatic carbocycles. The lowest BCUT2D eigenvalue weighted by Gasteiger charge is -2.47. The second-order valence-electron chi connectivity index (χ2n) is 7.54. The van der Waals surface area contributed by atoms with Gasteiger partial charge in [0.05, 0.1) is 0 Å². The molecule has 3 N–H and O–H groups in total. The van der Waals surface area contributed by atoms with Crippen molar-refractivity contribution in [3.05, 3.63) is 0 Å². The highest BCUT2D eigenvalue weighted by Crippen LogP contribution is 2.29. The Morgan fingerprint density at radius 2 is 1.56 bits per heavy atom. The third kappa shape index (κ3) is 4.22. The normalized spacial score (nSPS) is 33.0. The molecule has 3 heteroatoms. The topological polar surface area (TPSA) is 36.1 Å². The van der Waals surface area contributed by atoms with E-state index >= 15 is 0 Å². The maximum atomic E-state index is 3.93. The molecule has 1 atom stereocenters. The zero-order valence-corrected chi connectivity index (χ0v) is 12.6. The lowest BCUT2D eigenvalue weighted by Crippen LogP contribution is -2.62. The quantitative estimate of drug-likeness (QED) is 0.705. The second kappa shape index (κ2) is 5.48. The Balaban J connectivity index is 1.91. The Bertz CT molecular complexity index is 249. The highest BCUT2D eigenvalue weighted by atomic mass is 15.1. The van der Waals surface area contributed by atoms with Crippen molar-refractivity contribution in [3.63, 3.8) is 0 Å². The van der Waals surface area contributed by atoms with Crippen molar-refractivity contribution in [1.29, 1.82) is 0 Å². The van der Waals surface area contributed by atoms with Gasteiger partial charge in [0.2, 0.25) is 0 Å². The summed E-state index contributed by atoms with van der Waals surface area (Å²) in [5.41, 5.74) is 0.505. The molecule has 3 nitrogen and oxygen atoms in total. The molecule has 2 aliphatic heterocycles. The van der Waals surface area contributed by atoms with Gasteiger partial charge in [0.25, 0.3) is 0 Å². The summed E-state index contributed by atoms with van der Waals surface area (Å²) in [7, 11) is 0. The fourth-order valence-corrected chi connectivity index (χ4v) is 3.96. The van der Waals surface area contributed by atoms with E-state index in [0.717, 1.165) is 6.04 Å². The summed E-state index contributed by atoms with van der Waals surface area (Å²) in [6.45, 7) is 11.7. The summed E-state index contributed by atoms with van der Waals surface area (Å²) in [4.78, 5) is 0. The summed E-state index contributed by atoms with van der Waals surface area (Å²) in [5, 5.41) is 11.2.